The molecule has 0 bridgehead atoms. The number of nitrogens with one attached hydrogen (secondary N) is 1. The maximum Gasteiger partial charge on any atom is 0.307 e. The average Bonchev–Trinajstić information content (AvgIpc) is 3.10. The predicted molar refractivity (Wildman–Crippen MR) is 114 cm³/mol. The molecule has 0 aliphatic carbocycles. The zero-order valence-electron chi connectivity index (χ0n) is 14.7. The molecular formula is C20H14Br2N2O4. The van der Waals surface area contributed by atoms with Crippen LogP contribution in [-0.4, -0.2) is 25.8 Å². The minimum absolute atomic E-state index is 0.118. The first-order chi connectivity index (χ1) is 13.5. The Morgan fingerprint density at radius 3 is 2.89 bits per heavy atom. The van der Waals surface area contributed by atoms with Crippen LogP contribution < -0.4 is 14.9 Å². The van der Waals surface area contributed by atoms with Crippen molar-refractivity contribution in [3.63, 3.8) is 0 Å². The van der Waals surface area contributed by atoms with Crippen LogP contribution >= 0.6 is 31.9 Å². The van der Waals surface area contributed by atoms with Gasteiger partial charge in [-0.2, -0.15) is 5.10 Å². The van der Waals surface area contributed by atoms with Crippen molar-refractivity contribution in [2.45, 2.75) is 0 Å². The van der Waals surface area contributed by atoms with Crippen molar-refractivity contribution in [1.29, 1.82) is 0 Å². The summed E-state index contributed by atoms with van der Waals surface area (Å²) in [5.74, 6) is 3.10. The maximum absolute atomic E-state index is 12.2. The van der Waals surface area contributed by atoms with Gasteiger partial charge in [-0.3, -0.25) is 4.79 Å². The molecule has 2 aromatic carbocycles. The Morgan fingerprint density at radius 1 is 1.32 bits per heavy atom. The van der Waals surface area contributed by atoms with Crippen molar-refractivity contribution >= 4 is 55.0 Å². The predicted octanol–water partition coefficient (Wildman–Crippen LogP) is 4.74. The average molecular weight is 506 g/mol. The van der Waals surface area contributed by atoms with Crippen molar-refractivity contribution in [1.82, 2.24) is 5.43 Å². The molecule has 0 saturated carbocycles. The first kappa shape index (κ1) is 20.0. The summed E-state index contributed by atoms with van der Waals surface area (Å²) in [6, 6.07) is 10.6. The molecule has 1 heterocycles. The molecule has 0 fully saturated rings. The second kappa shape index (κ2) is 8.95. The Balaban J connectivity index is 1.73. The van der Waals surface area contributed by atoms with Gasteiger partial charge in [0.25, 0.3) is 0 Å². The number of carbonyl (C=O) groups excluding carboxylic acids is 1. The van der Waals surface area contributed by atoms with Crippen molar-refractivity contribution in [2.24, 2.45) is 5.10 Å². The fraction of sp³-hybridized carbons (Fsp3) is 0.100. The second-order valence-electron chi connectivity index (χ2n) is 5.52. The molecule has 1 aromatic heterocycles. The minimum Gasteiger partial charge on any atom is -0.493 e. The number of carbonyl (C=O) groups is 1. The highest BCUT2D eigenvalue weighted by Gasteiger charge is 2.13. The third kappa shape index (κ3) is 4.55. The number of nitrogens with zero attached hydrogens (tertiary/aromatic N) is 1. The van der Waals surface area contributed by atoms with Gasteiger partial charge in [-0.05, 0) is 57.9 Å². The van der Waals surface area contributed by atoms with E-state index in [9.17, 15) is 4.79 Å². The monoisotopic (exact) mass is 504 g/mol. The van der Waals surface area contributed by atoms with Crippen LogP contribution in [0.3, 0.4) is 0 Å². The van der Waals surface area contributed by atoms with Crippen LogP contribution in [0.15, 0.2) is 54.9 Å². The SMILES string of the molecule is C#CCOc1c(Br)cc(/C=N/NC(=O)c2cc3cc(Br)ccc3o2)cc1OC. The molecule has 0 unspecified atom stereocenters. The van der Waals surface area contributed by atoms with Crippen LogP contribution in [0.5, 0.6) is 11.5 Å². The van der Waals surface area contributed by atoms with Crippen LogP contribution in [0.25, 0.3) is 11.0 Å². The van der Waals surface area contributed by atoms with E-state index in [4.69, 9.17) is 20.3 Å². The number of hydrogen-bond acceptors (Lipinski definition) is 5. The van der Waals surface area contributed by atoms with E-state index >= 15 is 0 Å². The summed E-state index contributed by atoms with van der Waals surface area (Å²) in [6.07, 6.45) is 6.70. The Morgan fingerprint density at radius 2 is 2.14 bits per heavy atom. The standard InChI is InChI=1S/C20H14Br2N2O4/c1-3-6-27-19-15(22)7-12(8-17(19)26-2)11-23-24-20(25)18-10-13-9-14(21)4-5-16(13)28-18/h1,4-5,7-11H,6H2,2H3,(H,24,25)/b23-11+. The van der Waals surface area contributed by atoms with Gasteiger partial charge >= 0.3 is 5.91 Å². The molecule has 0 spiro atoms. The van der Waals surface area contributed by atoms with Gasteiger partial charge in [0.15, 0.2) is 17.3 Å². The molecular weight excluding hydrogens is 492 g/mol. The molecule has 142 valence electrons. The highest BCUT2D eigenvalue weighted by Crippen LogP contribution is 2.36. The van der Waals surface area contributed by atoms with Crippen LogP contribution in [-0.2, 0) is 0 Å². The van der Waals surface area contributed by atoms with E-state index in [2.05, 4.69) is 48.3 Å². The van der Waals surface area contributed by atoms with E-state index in [1.54, 1.807) is 24.3 Å². The number of rotatable bonds is 6. The number of benzene rings is 2. The smallest absolute Gasteiger partial charge is 0.307 e. The van der Waals surface area contributed by atoms with Gasteiger partial charge in [0, 0.05) is 9.86 Å². The van der Waals surface area contributed by atoms with Gasteiger partial charge in [-0.1, -0.05) is 21.9 Å². The third-order valence-electron chi connectivity index (χ3n) is 3.63. The summed E-state index contributed by atoms with van der Waals surface area (Å²) in [5, 5.41) is 4.79. The molecule has 1 amide bonds. The van der Waals surface area contributed by atoms with Gasteiger partial charge < -0.3 is 13.9 Å². The molecule has 0 atom stereocenters. The van der Waals surface area contributed by atoms with Gasteiger partial charge in [0.2, 0.25) is 0 Å². The molecule has 1 N–H and O–H groups in total. The van der Waals surface area contributed by atoms with Crippen molar-refractivity contribution in [2.75, 3.05) is 13.7 Å². The number of fused-ring (bicyclic) bond motifs is 1. The van der Waals surface area contributed by atoms with E-state index in [0.717, 1.165) is 9.86 Å². The lowest BCUT2D eigenvalue weighted by Gasteiger charge is -2.11. The zero-order valence-corrected chi connectivity index (χ0v) is 17.8. The number of amides is 1. The lowest BCUT2D eigenvalue weighted by atomic mass is 10.2. The van der Waals surface area contributed by atoms with Crippen LogP contribution in [0.2, 0.25) is 0 Å². The van der Waals surface area contributed by atoms with E-state index in [1.807, 2.05) is 12.1 Å². The van der Waals surface area contributed by atoms with Crippen molar-refractivity contribution < 1.29 is 18.7 Å². The number of methoxy groups -OCH3 is 1. The first-order valence-electron chi connectivity index (χ1n) is 7.98. The van der Waals surface area contributed by atoms with Gasteiger partial charge in [0.1, 0.15) is 12.2 Å². The number of terminal acetylenes is 1. The van der Waals surface area contributed by atoms with Crippen molar-refractivity contribution in [3.8, 4) is 23.8 Å². The van der Waals surface area contributed by atoms with Crippen LogP contribution in [0.4, 0.5) is 0 Å². The topological polar surface area (TPSA) is 73.1 Å². The fourth-order valence-corrected chi connectivity index (χ4v) is 3.37. The quantitative estimate of drug-likeness (QED) is 0.298. The lowest BCUT2D eigenvalue weighted by Crippen LogP contribution is -2.16. The zero-order chi connectivity index (χ0) is 20.1. The number of hydrazone groups is 1. The van der Waals surface area contributed by atoms with Crippen LogP contribution in [0, 0.1) is 12.3 Å². The highest BCUT2D eigenvalue weighted by atomic mass is 79.9. The summed E-state index contributed by atoms with van der Waals surface area (Å²) < 4.78 is 17.9. The highest BCUT2D eigenvalue weighted by molar-refractivity contribution is 9.10. The van der Waals surface area contributed by atoms with E-state index in [-0.39, 0.29) is 12.4 Å². The fourth-order valence-electron chi connectivity index (χ4n) is 2.41. The Bertz CT molecular complexity index is 1100. The summed E-state index contributed by atoms with van der Waals surface area (Å²) in [6.45, 7) is 0.118. The van der Waals surface area contributed by atoms with Gasteiger partial charge in [-0.15, -0.1) is 6.42 Å². The number of furan rings is 1. The number of hydrogen-bond donors (Lipinski definition) is 1. The molecule has 0 aliphatic rings. The molecule has 0 saturated heterocycles. The molecule has 3 rings (SSSR count). The molecule has 3 aromatic rings. The number of halogens is 2. The normalized spacial score (nSPS) is 10.8. The first-order valence-corrected chi connectivity index (χ1v) is 9.56. The van der Waals surface area contributed by atoms with Crippen molar-refractivity contribution in [3.05, 3.63) is 56.7 Å². The Labute approximate surface area is 178 Å². The maximum atomic E-state index is 12.2. The minimum atomic E-state index is -0.455. The molecule has 6 nitrogen and oxygen atoms in total. The molecule has 0 radical (unpaired) electrons. The molecule has 8 heteroatoms. The Hall–Kier alpha value is -2.76. The number of ether oxygens (including phenoxy) is 2. The lowest BCUT2D eigenvalue weighted by molar-refractivity contribution is 0.0929. The largest absolute Gasteiger partial charge is 0.493 e. The molecule has 28 heavy (non-hydrogen) atoms. The Kier molecular flexibility index (Phi) is 6.39. The van der Waals surface area contributed by atoms with E-state index in [0.29, 0.717) is 27.1 Å². The second-order valence-corrected chi connectivity index (χ2v) is 7.29. The summed E-state index contributed by atoms with van der Waals surface area (Å²) in [7, 11) is 1.52. The summed E-state index contributed by atoms with van der Waals surface area (Å²) >= 11 is 6.79. The van der Waals surface area contributed by atoms with Crippen LogP contribution in [0.1, 0.15) is 16.1 Å². The van der Waals surface area contributed by atoms with E-state index in [1.165, 1.54) is 13.3 Å². The van der Waals surface area contributed by atoms with Gasteiger partial charge in [0.05, 0.1) is 17.8 Å². The summed E-state index contributed by atoms with van der Waals surface area (Å²) in [5.41, 5.74) is 3.74. The molecule has 0 aliphatic heterocycles. The summed E-state index contributed by atoms with van der Waals surface area (Å²) in [4.78, 5) is 12.2. The third-order valence-corrected chi connectivity index (χ3v) is 4.72. The van der Waals surface area contributed by atoms with Gasteiger partial charge in [-0.25, -0.2) is 5.43 Å². The van der Waals surface area contributed by atoms with E-state index < -0.39 is 5.91 Å².